The van der Waals surface area contributed by atoms with Gasteiger partial charge in [-0.2, -0.15) is 0 Å². The second-order valence-corrected chi connectivity index (χ2v) is 4.94. The van der Waals surface area contributed by atoms with E-state index in [1.165, 1.54) is 5.56 Å². The maximum absolute atomic E-state index is 9.37. The number of hydrogen-bond acceptors (Lipinski definition) is 3. The normalized spacial score (nSPS) is 13.2. The number of aliphatic hydroxyl groups excluding tert-OH is 1. The van der Waals surface area contributed by atoms with Gasteiger partial charge in [0.15, 0.2) is 0 Å². The molecule has 0 amide bonds. The lowest BCUT2D eigenvalue weighted by Crippen LogP contribution is -2.40. The molecule has 0 aliphatic carbocycles. The molecular formula is C16H28N2O. The molecule has 3 heteroatoms. The van der Waals surface area contributed by atoms with Crippen LogP contribution in [-0.2, 0) is 0 Å². The maximum atomic E-state index is 9.37. The highest BCUT2D eigenvalue weighted by molar-refractivity contribution is 5.19. The minimum atomic E-state index is 0.199. The molecule has 0 fully saturated rings. The monoisotopic (exact) mass is 264 g/mol. The van der Waals surface area contributed by atoms with Crippen LogP contribution in [0.15, 0.2) is 30.3 Å². The Morgan fingerprint density at radius 1 is 1.16 bits per heavy atom. The Kier molecular flexibility index (Phi) is 7.72. The first-order valence-corrected chi connectivity index (χ1v) is 7.40. The van der Waals surface area contributed by atoms with E-state index in [1.807, 2.05) is 6.07 Å². The molecule has 0 aromatic heterocycles. The van der Waals surface area contributed by atoms with Crippen LogP contribution in [0, 0.1) is 0 Å². The van der Waals surface area contributed by atoms with Crippen molar-refractivity contribution in [1.82, 2.24) is 4.90 Å². The van der Waals surface area contributed by atoms with Crippen molar-refractivity contribution in [2.45, 2.75) is 45.2 Å². The minimum absolute atomic E-state index is 0.199. The summed E-state index contributed by atoms with van der Waals surface area (Å²) < 4.78 is 0. The van der Waals surface area contributed by atoms with Crippen LogP contribution in [0.4, 0.5) is 0 Å². The standard InChI is InChI=1S/C16H28N2O/c1-3-15(4-2)18(12-13-19)16(10-11-17)14-8-6-5-7-9-14/h5-9,15-16,19H,3-4,10-13,17H2,1-2H3. The molecule has 0 aliphatic rings. The molecular weight excluding hydrogens is 236 g/mol. The van der Waals surface area contributed by atoms with Gasteiger partial charge in [0.25, 0.3) is 0 Å². The van der Waals surface area contributed by atoms with Crippen LogP contribution in [0.3, 0.4) is 0 Å². The van der Waals surface area contributed by atoms with Crippen LogP contribution in [0.25, 0.3) is 0 Å². The number of rotatable bonds is 9. The first-order chi connectivity index (χ1) is 9.28. The highest BCUT2D eigenvalue weighted by atomic mass is 16.3. The number of benzene rings is 1. The quantitative estimate of drug-likeness (QED) is 0.720. The van der Waals surface area contributed by atoms with Crippen molar-refractivity contribution in [3.63, 3.8) is 0 Å². The van der Waals surface area contributed by atoms with Gasteiger partial charge < -0.3 is 10.8 Å². The van der Waals surface area contributed by atoms with Gasteiger partial charge in [0.1, 0.15) is 0 Å². The fourth-order valence-electron chi connectivity index (χ4n) is 2.82. The lowest BCUT2D eigenvalue weighted by molar-refractivity contribution is 0.0924. The summed E-state index contributed by atoms with van der Waals surface area (Å²) in [6.45, 7) is 6.00. The molecule has 0 saturated carbocycles. The van der Waals surface area contributed by atoms with Crippen molar-refractivity contribution in [2.24, 2.45) is 5.73 Å². The minimum Gasteiger partial charge on any atom is -0.395 e. The molecule has 1 atom stereocenters. The van der Waals surface area contributed by atoms with E-state index in [9.17, 15) is 5.11 Å². The third-order valence-electron chi connectivity index (χ3n) is 3.79. The van der Waals surface area contributed by atoms with Crippen LogP contribution in [-0.4, -0.2) is 35.7 Å². The maximum Gasteiger partial charge on any atom is 0.0558 e. The van der Waals surface area contributed by atoms with Gasteiger partial charge >= 0.3 is 0 Å². The Hall–Kier alpha value is -0.900. The van der Waals surface area contributed by atoms with Crippen molar-refractivity contribution >= 4 is 0 Å². The lowest BCUT2D eigenvalue weighted by atomic mass is 9.98. The molecule has 0 heterocycles. The van der Waals surface area contributed by atoms with Gasteiger partial charge in [-0.15, -0.1) is 0 Å². The third-order valence-corrected chi connectivity index (χ3v) is 3.79. The van der Waals surface area contributed by atoms with Crippen LogP contribution in [0.2, 0.25) is 0 Å². The van der Waals surface area contributed by atoms with Crippen molar-refractivity contribution < 1.29 is 5.11 Å². The Labute approximate surface area is 117 Å². The zero-order chi connectivity index (χ0) is 14.1. The summed E-state index contributed by atoms with van der Waals surface area (Å²) in [5.41, 5.74) is 7.09. The van der Waals surface area contributed by atoms with Crippen LogP contribution < -0.4 is 5.73 Å². The Bertz CT molecular complexity index is 325. The van der Waals surface area contributed by atoms with Gasteiger partial charge in [0, 0.05) is 18.6 Å². The molecule has 108 valence electrons. The summed E-state index contributed by atoms with van der Waals surface area (Å²) in [5.74, 6) is 0. The molecule has 0 spiro atoms. The van der Waals surface area contributed by atoms with Gasteiger partial charge in [-0.05, 0) is 31.4 Å². The number of nitrogens with zero attached hydrogens (tertiary/aromatic N) is 1. The number of aliphatic hydroxyl groups is 1. The van der Waals surface area contributed by atoms with Gasteiger partial charge in [-0.3, -0.25) is 4.90 Å². The second-order valence-electron chi connectivity index (χ2n) is 4.94. The second kappa shape index (κ2) is 9.08. The Morgan fingerprint density at radius 3 is 2.26 bits per heavy atom. The Balaban J connectivity index is 2.97. The van der Waals surface area contributed by atoms with Crippen LogP contribution >= 0.6 is 0 Å². The van der Waals surface area contributed by atoms with E-state index >= 15 is 0 Å². The van der Waals surface area contributed by atoms with E-state index < -0.39 is 0 Å². The first-order valence-electron chi connectivity index (χ1n) is 7.40. The van der Waals surface area contributed by atoms with Crippen molar-refractivity contribution in [1.29, 1.82) is 0 Å². The molecule has 0 aliphatic heterocycles. The fraction of sp³-hybridized carbons (Fsp3) is 0.625. The van der Waals surface area contributed by atoms with Crippen molar-refractivity contribution in [3.8, 4) is 0 Å². The molecule has 1 rings (SSSR count). The van der Waals surface area contributed by atoms with Gasteiger partial charge in [0.2, 0.25) is 0 Å². The van der Waals surface area contributed by atoms with E-state index in [-0.39, 0.29) is 6.61 Å². The average Bonchev–Trinajstić information content (AvgIpc) is 2.46. The summed E-state index contributed by atoms with van der Waals surface area (Å²) >= 11 is 0. The van der Waals surface area contributed by atoms with Crippen LogP contribution in [0.5, 0.6) is 0 Å². The molecule has 1 aromatic rings. The summed E-state index contributed by atoms with van der Waals surface area (Å²) in [6.07, 6.45) is 3.13. The molecule has 0 saturated heterocycles. The molecule has 19 heavy (non-hydrogen) atoms. The van der Waals surface area contributed by atoms with Crippen LogP contribution in [0.1, 0.15) is 44.7 Å². The van der Waals surface area contributed by atoms with Crippen molar-refractivity contribution in [3.05, 3.63) is 35.9 Å². The number of nitrogens with two attached hydrogens (primary N) is 1. The predicted molar refractivity (Wildman–Crippen MR) is 81.0 cm³/mol. The zero-order valence-electron chi connectivity index (χ0n) is 12.3. The molecule has 3 nitrogen and oxygen atoms in total. The highest BCUT2D eigenvalue weighted by Crippen LogP contribution is 2.27. The van der Waals surface area contributed by atoms with E-state index in [0.29, 0.717) is 25.2 Å². The van der Waals surface area contributed by atoms with E-state index in [1.54, 1.807) is 0 Å². The molecule has 0 bridgehead atoms. The summed E-state index contributed by atoms with van der Waals surface area (Å²) in [5, 5.41) is 9.37. The highest BCUT2D eigenvalue weighted by Gasteiger charge is 2.24. The van der Waals surface area contributed by atoms with Gasteiger partial charge in [0.05, 0.1) is 6.61 Å². The first kappa shape index (κ1) is 16.2. The smallest absolute Gasteiger partial charge is 0.0558 e. The summed E-state index contributed by atoms with van der Waals surface area (Å²) in [4.78, 5) is 2.42. The summed E-state index contributed by atoms with van der Waals surface area (Å²) in [6, 6.07) is 11.3. The Morgan fingerprint density at radius 2 is 1.79 bits per heavy atom. The fourth-order valence-corrected chi connectivity index (χ4v) is 2.82. The molecule has 0 radical (unpaired) electrons. The van der Waals surface area contributed by atoms with Gasteiger partial charge in [-0.25, -0.2) is 0 Å². The van der Waals surface area contributed by atoms with Gasteiger partial charge in [-0.1, -0.05) is 44.2 Å². The number of hydrogen-bond donors (Lipinski definition) is 2. The predicted octanol–water partition coefficient (Wildman–Crippen LogP) is 2.56. The van der Waals surface area contributed by atoms with E-state index in [2.05, 4.69) is 43.0 Å². The third kappa shape index (κ3) is 4.60. The van der Waals surface area contributed by atoms with E-state index in [4.69, 9.17) is 5.73 Å². The molecule has 1 aromatic carbocycles. The molecule has 1 unspecified atom stereocenters. The zero-order valence-corrected chi connectivity index (χ0v) is 12.3. The average molecular weight is 264 g/mol. The topological polar surface area (TPSA) is 49.5 Å². The van der Waals surface area contributed by atoms with E-state index in [0.717, 1.165) is 19.3 Å². The summed E-state index contributed by atoms with van der Waals surface area (Å²) in [7, 11) is 0. The largest absolute Gasteiger partial charge is 0.395 e. The van der Waals surface area contributed by atoms with Crippen molar-refractivity contribution in [2.75, 3.05) is 19.7 Å². The lowest BCUT2D eigenvalue weighted by Gasteiger charge is -2.37. The molecule has 3 N–H and O–H groups in total. The SMILES string of the molecule is CCC(CC)N(CCO)C(CCN)c1ccccc1.